The van der Waals surface area contributed by atoms with Crippen molar-refractivity contribution in [3.63, 3.8) is 0 Å². The van der Waals surface area contributed by atoms with Crippen LogP contribution < -0.4 is 4.74 Å². The van der Waals surface area contributed by atoms with Gasteiger partial charge in [-0.25, -0.2) is 4.79 Å². The Morgan fingerprint density at radius 1 is 1.00 bits per heavy atom. The van der Waals surface area contributed by atoms with Crippen molar-refractivity contribution in [2.75, 3.05) is 18.1 Å². The first-order valence-corrected chi connectivity index (χ1v) is 12.2. The highest BCUT2D eigenvalue weighted by atomic mass is 32.2. The molecule has 4 heteroatoms. The third kappa shape index (κ3) is 5.10. The van der Waals surface area contributed by atoms with Gasteiger partial charge in [-0.3, -0.25) is 0 Å². The smallest absolute Gasteiger partial charge is 0.346 e. The summed E-state index contributed by atoms with van der Waals surface area (Å²) in [5, 5.41) is 2.21. The number of fused-ring (bicyclic) bond motifs is 1. The van der Waals surface area contributed by atoms with Gasteiger partial charge in [0.1, 0.15) is 17.3 Å². The van der Waals surface area contributed by atoms with Crippen LogP contribution in [-0.4, -0.2) is 29.7 Å². The maximum atomic E-state index is 12.5. The second kappa shape index (κ2) is 9.86. The first-order valence-electron chi connectivity index (χ1n) is 10.7. The van der Waals surface area contributed by atoms with Crippen molar-refractivity contribution in [3.05, 3.63) is 72.3 Å². The highest BCUT2D eigenvalue weighted by Gasteiger charge is 2.29. The average molecular weight is 442 g/mol. The minimum Gasteiger partial charge on any atom is -0.481 e. The van der Waals surface area contributed by atoms with Crippen LogP contribution in [0, 0.1) is 24.2 Å². The van der Waals surface area contributed by atoms with Gasteiger partial charge in [-0.1, -0.05) is 42.3 Å². The van der Waals surface area contributed by atoms with E-state index >= 15 is 0 Å². The van der Waals surface area contributed by atoms with Gasteiger partial charge in [-0.2, -0.15) is 0 Å². The lowest BCUT2D eigenvalue weighted by molar-refractivity contribution is -0.151. The molecule has 0 amide bonds. The largest absolute Gasteiger partial charge is 0.481 e. The quantitative estimate of drug-likeness (QED) is 0.318. The molecule has 3 aromatic rings. The van der Waals surface area contributed by atoms with E-state index in [0.717, 1.165) is 10.9 Å². The third-order valence-electron chi connectivity index (χ3n) is 5.34. The fraction of sp³-hybridized carbons (Fsp3) is 0.250. The zero-order chi connectivity index (χ0) is 22.4. The summed E-state index contributed by atoms with van der Waals surface area (Å²) in [6, 6.07) is 21.8. The van der Waals surface area contributed by atoms with Crippen molar-refractivity contribution in [3.8, 4) is 29.9 Å². The summed E-state index contributed by atoms with van der Waals surface area (Å²) >= 11 is 0. The van der Waals surface area contributed by atoms with Crippen LogP contribution in [0.4, 0.5) is 0 Å². The third-order valence-corrected chi connectivity index (χ3v) is 7.89. The molecule has 0 bridgehead atoms. The Hall–Kier alpha value is -3.34. The molecule has 1 fully saturated rings. The highest BCUT2D eigenvalue weighted by molar-refractivity contribution is 7.97. The van der Waals surface area contributed by atoms with Crippen LogP contribution in [0.25, 0.3) is 10.8 Å². The number of benzene rings is 3. The van der Waals surface area contributed by atoms with Crippen LogP contribution in [0.2, 0.25) is 0 Å². The van der Waals surface area contributed by atoms with Crippen LogP contribution in [0.15, 0.2) is 71.6 Å². The number of hydrogen-bond acceptors (Lipinski definition) is 3. The minimum atomic E-state index is -1.33. The van der Waals surface area contributed by atoms with E-state index in [1.807, 2.05) is 54.6 Å². The monoisotopic (exact) mass is 441 g/mol. The fourth-order valence-electron chi connectivity index (χ4n) is 3.69. The summed E-state index contributed by atoms with van der Waals surface area (Å²) in [6.07, 6.45) is 8.20. The second-order valence-electron chi connectivity index (χ2n) is 7.77. The van der Waals surface area contributed by atoms with E-state index in [9.17, 15) is 4.79 Å². The lowest BCUT2D eigenvalue weighted by Crippen LogP contribution is -2.31. The minimum absolute atomic E-state index is 0.237. The van der Waals surface area contributed by atoms with Gasteiger partial charge in [0, 0.05) is 27.2 Å². The van der Waals surface area contributed by atoms with Crippen molar-refractivity contribution in [2.24, 2.45) is 0 Å². The molecular weight excluding hydrogens is 416 g/mol. The Labute approximate surface area is 192 Å². The number of rotatable bonds is 5. The van der Waals surface area contributed by atoms with E-state index in [4.69, 9.17) is 15.9 Å². The topological polar surface area (TPSA) is 35.5 Å². The highest BCUT2D eigenvalue weighted by Crippen LogP contribution is 2.34. The van der Waals surface area contributed by atoms with Gasteiger partial charge in [0.15, 0.2) is 11.5 Å². The predicted octanol–water partition coefficient (Wildman–Crippen LogP) is 4.98. The Bertz CT molecular complexity index is 1210. The molecule has 1 aliphatic heterocycles. The van der Waals surface area contributed by atoms with Crippen LogP contribution in [0.5, 0.6) is 5.75 Å². The molecule has 0 aliphatic carbocycles. The summed E-state index contributed by atoms with van der Waals surface area (Å²) in [6.45, 7) is 1.37. The summed E-state index contributed by atoms with van der Waals surface area (Å²) in [7, 11) is 0.296. The number of terminal acetylenes is 1. The van der Waals surface area contributed by atoms with Crippen LogP contribution in [-0.2, 0) is 20.4 Å². The van der Waals surface area contributed by atoms with Gasteiger partial charge < -0.3 is 9.47 Å². The number of carbonyl (C=O) groups excluding carboxylic acids is 1. The van der Waals surface area contributed by atoms with E-state index in [0.29, 0.717) is 16.6 Å². The molecule has 160 valence electrons. The van der Waals surface area contributed by atoms with Crippen LogP contribution >= 0.6 is 0 Å². The molecule has 0 N–H and O–H groups in total. The molecular formula is C28H25O3S+. The Balaban J connectivity index is 1.46. The number of hydrogen-bond donors (Lipinski definition) is 0. The first kappa shape index (κ1) is 21.9. The van der Waals surface area contributed by atoms with Crippen molar-refractivity contribution in [1.29, 1.82) is 0 Å². The average Bonchev–Trinajstić information content (AvgIpc) is 3.36. The standard InChI is InChI=1S/C28H25O3S/c1-3-28(2,18-17-22-11-5-4-6-12-22)31-27(29)21-30-25-15-16-26(32-19-9-10-20-32)24-14-8-7-13-23(24)25/h1,4-8,11-16H,9-10,19-21H2,2H3/q+1. The van der Waals surface area contributed by atoms with Crippen molar-refractivity contribution >= 4 is 27.6 Å². The zero-order valence-electron chi connectivity index (χ0n) is 18.1. The molecule has 1 aliphatic rings. The molecule has 1 saturated heterocycles. The SMILES string of the molecule is C#CC(C)(C#Cc1ccccc1)OC(=O)COc1ccc([S+]2CCCC2)c2ccccc12. The van der Waals surface area contributed by atoms with Crippen molar-refractivity contribution < 1.29 is 14.3 Å². The normalized spacial score (nSPS) is 15.2. The van der Waals surface area contributed by atoms with E-state index in [1.165, 1.54) is 34.6 Å². The molecule has 1 unspecified atom stereocenters. The molecule has 0 spiro atoms. The molecule has 32 heavy (non-hydrogen) atoms. The number of esters is 1. The molecule has 0 saturated carbocycles. The molecule has 1 heterocycles. The molecule has 1 atom stereocenters. The maximum absolute atomic E-state index is 12.5. The Morgan fingerprint density at radius 3 is 2.41 bits per heavy atom. The molecule has 3 aromatic carbocycles. The summed E-state index contributed by atoms with van der Waals surface area (Å²) < 4.78 is 11.3. The lowest BCUT2D eigenvalue weighted by atomic mass is 10.1. The van der Waals surface area contributed by atoms with Gasteiger partial charge in [-0.05, 0) is 61.9 Å². The first-order chi connectivity index (χ1) is 15.6. The lowest BCUT2D eigenvalue weighted by Gasteiger charge is -2.18. The van der Waals surface area contributed by atoms with E-state index < -0.39 is 11.6 Å². The van der Waals surface area contributed by atoms with Crippen LogP contribution in [0.3, 0.4) is 0 Å². The van der Waals surface area contributed by atoms with Crippen LogP contribution in [0.1, 0.15) is 25.3 Å². The summed E-state index contributed by atoms with van der Waals surface area (Å²) in [5.74, 6) is 10.9. The molecule has 0 aromatic heterocycles. The van der Waals surface area contributed by atoms with Crippen molar-refractivity contribution in [2.45, 2.75) is 30.3 Å². The Kier molecular flexibility index (Phi) is 6.74. The molecule has 4 rings (SSSR count). The van der Waals surface area contributed by atoms with Gasteiger partial charge in [0.25, 0.3) is 0 Å². The van der Waals surface area contributed by atoms with E-state index in [1.54, 1.807) is 6.92 Å². The van der Waals surface area contributed by atoms with Gasteiger partial charge >= 0.3 is 5.97 Å². The van der Waals surface area contributed by atoms with Gasteiger partial charge in [0.2, 0.25) is 5.60 Å². The second-order valence-corrected chi connectivity index (χ2v) is 10.0. The Morgan fingerprint density at radius 2 is 1.69 bits per heavy atom. The molecule has 0 radical (unpaired) electrons. The van der Waals surface area contributed by atoms with Gasteiger partial charge in [0.05, 0.1) is 0 Å². The fourth-order valence-corrected chi connectivity index (χ4v) is 6.19. The zero-order valence-corrected chi connectivity index (χ0v) is 18.9. The maximum Gasteiger partial charge on any atom is 0.346 e. The summed E-state index contributed by atoms with van der Waals surface area (Å²) in [5.41, 5.74) is -0.526. The number of ether oxygens (including phenoxy) is 2. The van der Waals surface area contributed by atoms with E-state index in [-0.39, 0.29) is 6.61 Å². The van der Waals surface area contributed by atoms with Gasteiger partial charge in [-0.15, -0.1) is 6.42 Å². The molecule has 3 nitrogen and oxygen atoms in total. The summed E-state index contributed by atoms with van der Waals surface area (Å²) in [4.78, 5) is 13.9. The predicted molar refractivity (Wildman–Crippen MR) is 131 cm³/mol. The van der Waals surface area contributed by atoms with Crippen molar-refractivity contribution in [1.82, 2.24) is 0 Å². The van der Waals surface area contributed by atoms with E-state index in [2.05, 4.69) is 29.9 Å². The number of carbonyl (C=O) groups is 1.